The van der Waals surface area contributed by atoms with Gasteiger partial charge >= 0.3 is 5.97 Å². The van der Waals surface area contributed by atoms with Crippen LogP contribution in [-0.4, -0.2) is 47.5 Å². The van der Waals surface area contributed by atoms with Crippen LogP contribution >= 0.6 is 22.7 Å². The van der Waals surface area contributed by atoms with E-state index >= 15 is 0 Å². The molecule has 3 aromatic rings. The van der Waals surface area contributed by atoms with Crippen LogP contribution in [0.1, 0.15) is 22.5 Å². The van der Waals surface area contributed by atoms with Crippen molar-refractivity contribution in [2.45, 2.75) is 27.2 Å². The van der Waals surface area contributed by atoms with Crippen molar-refractivity contribution in [3.8, 4) is 17.0 Å². The standard InChI is InChI=1S/C22H22N4O5S2/c1-4-30-20(29)8-15-11-32-22(24-15)25-18(27)9-26-16-7-14(21-12(2)33-13(3)23-21)5-6-17(16)31-10-19(26)28/h5-7,11H,4,8-10H2,1-3H3,(H,24,25,27). The van der Waals surface area contributed by atoms with Crippen LogP contribution in [0.5, 0.6) is 5.75 Å². The molecule has 0 saturated carbocycles. The summed E-state index contributed by atoms with van der Waals surface area (Å²) in [6.45, 7) is 5.63. The molecule has 0 aliphatic carbocycles. The average Bonchev–Trinajstić information content (AvgIpc) is 3.34. The second kappa shape index (κ2) is 9.67. The van der Waals surface area contributed by atoms with Crippen molar-refractivity contribution in [2.24, 2.45) is 0 Å². The molecule has 1 N–H and O–H groups in total. The van der Waals surface area contributed by atoms with E-state index in [0.717, 1.165) is 21.1 Å². The molecule has 0 spiro atoms. The van der Waals surface area contributed by atoms with E-state index in [1.165, 1.54) is 16.2 Å². The topological polar surface area (TPSA) is 111 Å². The smallest absolute Gasteiger partial charge is 0.311 e. The quantitative estimate of drug-likeness (QED) is 0.510. The fraction of sp³-hybridized carbons (Fsp3) is 0.318. The second-order valence-electron chi connectivity index (χ2n) is 7.26. The summed E-state index contributed by atoms with van der Waals surface area (Å²) in [6, 6.07) is 5.51. The van der Waals surface area contributed by atoms with E-state index in [9.17, 15) is 14.4 Å². The van der Waals surface area contributed by atoms with Gasteiger partial charge in [0.25, 0.3) is 5.91 Å². The van der Waals surface area contributed by atoms with Gasteiger partial charge in [-0.15, -0.1) is 22.7 Å². The maximum Gasteiger partial charge on any atom is 0.311 e. The van der Waals surface area contributed by atoms with Crippen LogP contribution in [0, 0.1) is 13.8 Å². The highest BCUT2D eigenvalue weighted by atomic mass is 32.1. The summed E-state index contributed by atoms with van der Waals surface area (Å²) in [5.74, 6) is -0.568. The molecule has 0 fully saturated rings. The number of aryl methyl sites for hydroxylation is 2. The zero-order chi connectivity index (χ0) is 23.5. The monoisotopic (exact) mass is 486 g/mol. The lowest BCUT2D eigenvalue weighted by atomic mass is 10.1. The summed E-state index contributed by atoms with van der Waals surface area (Å²) in [5, 5.41) is 5.69. The summed E-state index contributed by atoms with van der Waals surface area (Å²) >= 11 is 2.81. The fourth-order valence-electron chi connectivity index (χ4n) is 3.43. The van der Waals surface area contributed by atoms with Gasteiger partial charge < -0.3 is 14.8 Å². The number of thiazole rings is 2. The molecule has 4 rings (SSSR count). The van der Waals surface area contributed by atoms with Gasteiger partial charge in [-0.1, -0.05) is 0 Å². The van der Waals surface area contributed by atoms with Gasteiger partial charge in [-0.05, 0) is 39.0 Å². The Morgan fingerprint density at radius 1 is 1.27 bits per heavy atom. The van der Waals surface area contributed by atoms with Gasteiger partial charge in [0.15, 0.2) is 11.7 Å². The SMILES string of the molecule is CCOC(=O)Cc1csc(NC(=O)CN2C(=O)COc3ccc(-c4nc(C)sc4C)cc32)n1. The Kier molecular flexibility index (Phi) is 6.70. The molecule has 172 valence electrons. The normalized spacial score (nSPS) is 12.8. The van der Waals surface area contributed by atoms with Crippen LogP contribution in [0.25, 0.3) is 11.3 Å². The number of ether oxygens (including phenoxy) is 2. The Morgan fingerprint density at radius 3 is 2.82 bits per heavy atom. The number of hydrogen-bond donors (Lipinski definition) is 1. The highest BCUT2D eigenvalue weighted by Crippen LogP contribution is 2.37. The van der Waals surface area contributed by atoms with Crippen LogP contribution in [-0.2, 0) is 25.5 Å². The Hall–Kier alpha value is -3.31. The van der Waals surface area contributed by atoms with Crippen molar-refractivity contribution < 1.29 is 23.9 Å². The Labute approximate surface area is 198 Å². The molecule has 2 amide bonds. The van der Waals surface area contributed by atoms with Crippen LogP contribution < -0.4 is 15.0 Å². The molecule has 9 nitrogen and oxygen atoms in total. The summed E-state index contributed by atoms with van der Waals surface area (Å²) in [5.41, 5.74) is 2.73. The number of anilines is 2. The lowest BCUT2D eigenvalue weighted by Gasteiger charge is -2.29. The zero-order valence-electron chi connectivity index (χ0n) is 18.3. The van der Waals surface area contributed by atoms with Crippen molar-refractivity contribution in [1.82, 2.24) is 9.97 Å². The van der Waals surface area contributed by atoms with E-state index in [0.29, 0.717) is 28.9 Å². The van der Waals surface area contributed by atoms with E-state index in [1.807, 2.05) is 26.0 Å². The summed E-state index contributed by atoms with van der Waals surface area (Å²) < 4.78 is 10.5. The maximum atomic E-state index is 12.7. The van der Waals surface area contributed by atoms with E-state index in [2.05, 4.69) is 15.3 Å². The molecule has 0 bridgehead atoms. The molecule has 3 heterocycles. The van der Waals surface area contributed by atoms with Gasteiger partial charge in [0.1, 0.15) is 12.3 Å². The van der Waals surface area contributed by atoms with Crippen LogP contribution in [0.3, 0.4) is 0 Å². The molecule has 0 saturated heterocycles. The van der Waals surface area contributed by atoms with Gasteiger partial charge in [0.05, 0.1) is 35.1 Å². The number of nitrogens with zero attached hydrogens (tertiary/aromatic N) is 3. The van der Waals surface area contributed by atoms with Crippen LogP contribution in [0.4, 0.5) is 10.8 Å². The summed E-state index contributed by atoms with van der Waals surface area (Å²) in [4.78, 5) is 48.2. The fourth-order valence-corrected chi connectivity index (χ4v) is 4.99. The number of amides is 2. The minimum absolute atomic E-state index is 0.0355. The molecule has 33 heavy (non-hydrogen) atoms. The number of carbonyl (C=O) groups excluding carboxylic acids is 3. The van der Waals surface area contributed by atoms with Crippen molar-refractivity contribution in [1.29, 1.82) is 0 Å². The third kappa shape index (κ3) is 5.20. The molecule has 1 aliphatic rings. The number of carbonyl (C=O) groups is 3. The van der Waals surface area contributed by atoms with Crippen molar-refractivity contribution in [2.75, 3.05) is 30.0 Å². The third-order valence-electron chi connectivity index (χ3n) is 4.81. The predicted octanol–water partition coefficient (Wildman–Crippen LogP) is 3.35. The zero-order valence-corrected chi connectivity index (χ0v) is 20.0. The summed E-state index contributed by atoms with van der Waals surface area (Å²) in [7, 11) is 0. The number of nitrogens with one attached hydrogen (secondary N) is 1. The van der Waals surface area contributed by atoms with E-state index in [-0.39, 0.29) is 31.4 Å². The third-order valence-corrected chi connectivity index (χ3v) is 6.50. The molecule has 11 heteroatoms. The molecule has 0 radical (unpaired) electrons. The van der Waals surface area contributed by atoms with Gasteiger partial charge in [-0.3, -0.25) is 19.3 Å². The molecule has 1 aliphatic heterocycles. The van der Waals surface area contributed by atoms with Gasteiger partial charge in [0, 0.05) is 15.8 Å². The predicted molar refractivity (Wildman–Crippen MR) is 126 cm³/mol. The number of rotatable bonds is 7. The Morgan fingerprint density at radius 2 is 2.09 bits per heavy atom. The number of hydrogen-bond acceptors (Lipinski definition) is 9. The number of benzene rings is 1. The first-order chi connectivity index (χ1) is 15.8. The average molecular weight is 487 g/mol. The second-order valence-corrected chi connectivity index (χ2v) is 9.53. The molecular formula is C22H22N4O5S2. The van der Waals surface area contributed by atoms with E-state index < -0.39 is 5.91 Å². The first kappa shape index (κ1) is 22.9. The lowest BCUT2D eigenvalue weighted by Crippen LogP contribution is -2.43. The maximum absolute atomic E-state index is 12.7. The highest BCUT2D eigenvalue weighted by Gasteiger charge is 2.28. The first-order valence-corrected chi connectivity index (χ1v) is 11.9. The minimum atomic E-state index is -0.403. The van der Waals surface area contributed by atoms with Crippen molar-refractivity contribution in [3.05, 3.63) is 39.2 Å². The van der Waals surface area contributed by atoms with Gasteiger partial charge in [-0.2, -0.15) is 0 Å². The van der Waals surface area contributed by atoms with Gasteiger partial charge in [-0.25, -0.2) is 9.97 Å². The molecule has 0 atom stereocenters. The minimum Gasteiger partial charge on any atom is -0.482 e. The number of fused-ring (bicyclic) bond motifs is 1. The lowest BCUT2D eigenvalue weighted by molar-refractivity contribution is -0.142. The van der Waals surface area contributed by atoms with E-state index in [1.54, 1.807) is 29.7 Å². The van der Waals surface area contributed by atoms with Crippen molar-refractivity contribution >= 4 is 51.3 Å². The summed E-state index contributed by atoms with van der Waals surface area (Å²) in [6.07, 6.45) is 0.0355. The van der Waals surface area contributed by atoms with Crippen LogP contribution in [0.15, 0.2) is 23.6 Å². The van der Waals surface area contributed by atoms with E-state index in [4.69, 9.17) is 9.47 Å². The highest BCUT2D eigenvalue weighted by molar-refractivity contribution is 7.14. The van der Waals surface area contributed by atoms with Gasteiger partial charge in [0.2, 0.25) is 5.91 Å². The largest absolute Gasteiger partial charge is 0.482 e. The molecule has 1 aromatic carbocycles. The Bertz CT molecular complexity index is 1220. The van der Waals surface area contributed by atoms with Crippen LogP contribution in [0.2, 0.25) is 0 Å². The molecule has 2 aromatic heterocycles. The molecular weight excluding hydrogens is 464 g/mol. The number of esters is 1. The first-order valence-electron chi connectivity index (χ1n) is 10.3. The van der Waals surface area contributed by atoms with Crippen molar-refractivity contribution in [3.63, 3.8) is 0 Å². The molecule has 0 unspecified atom stereocenters. The Balaban J connectivity index is 1.49. The number of aromatic nitrogens is 2.